The smallest absolute Gasteiger partial charge is 0.293 e. The number of aryl methyl sites for hydroxylation is 3. The van der Waals surface area contributed by atoms with Crippen LogP contribution in [0.15, 0.2) is 18.2 Å². The number of carbonyl (C=O) groups is 1. The van der Waals surface area contributed by atoms with Gasteiger partial charge in [-0.15, -0.1) is 0 Å². The van der Waals surface area contributed by atoms with Gasteiger partial charge in [0, 0.05) is 0 Å². The number of rotatable bonds is 14. The monoisotopic (exact) mass is 370 g/mol. The number of unbranched alkanes of at least 4 members (excludes halogenated alkanes) is 4. The number of hydrogen-bond donors (Lipinski definition) is 0. The fraction of sp³-hybridized carbons (Fsp3) is 0.720. The second-order valence-corrected chi connectivity index (χ2v) is 9.59. The third-order valence-corrected chi connectivity index (χ3v) is 6.95. The summed E-state index contributed by atoms with van der Waals surface area (Å²) in [5.41, 5.74) is 5.07. The Hall–Kier alpha value is -1.31. The number of ether oxygens (including phenoxy) is 1. The van der Waals surface area contributed by atoms with E-state index in [1.807, 2.05) is 0 Å². The van der Waals surface area contributed by atoms with E-state index < -0.39 is 0 Å². The lowest BCUT2D eigenvalue weighted by Gasteiger charge is -2.13. The van der Waals surface area contributed by atoms with Crippen molar-refractivity contribution in [2.24, 2.45) is 5.41 Å². The first-order valence-corrected chi connectivity index (χ1v) is 11.2. The summed E-state index contributed by atoms with van der Waals surface area (Å²) >= 11 is 0. The normalized spacial score (nSPS) is 18.9. The zero-order chi connectivity index (χ0) is 19.2. The minimum atomic E-state index is -0.0877. The van der Waals surface area contributed by atoms with Crippen LogP contribution < -0.4 is 0 Å². The maximum Gasteiger partial charge on any atom is 0.293 e. The van der Waals surface area contributed by atoms with Gasteiger partial charge < -0.3 is 4.74 Å². The molecule has 2 saturated carbocycles. The highest BCUT2D eigenvalue weighted by molar-refractivity contribution is 5.39. The van der Waals surface area contributed by atoms with Crippen LogP contribution in [-0.2, 0) is 22.4 Å². The molecule has 2 aliphatic carbocycles. The summed E-state index contributed by atoms with van der Waals surface area (Å²) in [4.78, 5) is 10.6. The van der Waals surface area contributed by atoms with Gasteiger partial charge in [-0.05, 0) is 99.7 Å². The maximum atomic E-state index is 10.6. The van der Waals surface area contributed by atoms with Crippen LogP contribution in [-0.4, -0.2) is 12.1 Å². The highest BCUT2D eigenvalue weighted by Gasteiger charge is 2.44. The molecular weight excluding hydrogens is 332 g/mol. The van der Waals surface area contributed by atoms with Crippen molar-refractivity contribution in [1.29, 1.82) is 0 Å². The molecule has 0 saturated heterocycles. The Kier molecular flexibility index (Phi) is 7.00. The molecule has 3 rings (SSSR count). The van der Waals surface area contributed by atoms with E-state index in [0.29, 0.717) is 6.47 Å². The van der Waals surface area contributed by atoms with Gasteiger partial charge in [-0.3, -0.25) is 4.79 Å². The van der Waals surface area contributed by atoms with E-state index in [4.69, 9.17) is 4.74 Å². The molecule has 2 fully saturated rings. The first-order chi connectivity index (χ1) is 13.0. The molecule has 2 nitrogen and oxygen atoms in total. The minimum Gasteiger partial charge on any atom is -0.461 e. The Morgan fingerprint density at radius 2 is 1.63 bits per heavy atom. The van der Waals surface area contributed by atoms with Gasteiger partial charge in [0.05, 0.1) is 0 Å². The summed E-state index contributed by atoms with van der Waals surface area (Å²) in [5, 5.41) is 0. The van der Waals surface area contributed by atoms with E-state index in [1.165, 1.54) is 74.5 Å². The van der Waals surface area contributed by atoms with E-state index in [9.17, 15) is 4.79 Å². The van der Waals surface area contributed by atoms with Gasteiger partial charge >= 0.3 is 0 Å². The molecule has 2 aliphatic rings. The molecule has 0 aromatic heterocycles. The second kappa shape index (κ2) is 9.26. The van der Waals surface area contributed by atoms with Crippen molar-refractivity contribution in [3.63, 3.8) is 0 Å². The third kappa shape index (κ3) is 6.66. The van der Waals surface area contributed by atoms with Crippen LogP contribution >= 0.6 is 0 Å². The molecule has 27 heavy (non-hydrogen) atoms. The van der Waals surface area contributed by atoms with Crippen molar-refractivity contribution in [3.05, 3.63) is 34.9 Å². The zero-order valence-electron chi connectivity index (χ0n) is 17.5. The van der Waals surface area contributed by atoms with Crippen molar-refractivity contribution >= 4 is 6.47 Å². The Bertz CT molecular complexity index is 611. The van der Waals surface area contributed by atoms with Crippen LogP contribution in [0.25, 0.3) is 0 Å². The second-order valence-electron chi connectivity index (χ2n) is 9.59. The standard InChI is InChI=1S/C25H38O2/c1-21-11-12-22(9-5-3-4-7-13-24(2)15-16-24)19-23(21)10-6-8-14-25(17-18-25)27-20-26/h11-12,19-20H,3-10,13-18H2,1-2H3. The highest BCUT2D eigenvalue weighted by atomic mass is 16.5. The molecule has 0 N–H and O–H groups in total. The minimum absolute atomic E-state index is 0.0877. The molecule has 1 aromatic rings. The Morgan fingerprint density at radius 1 is 0.926 bits per heavy atom. The lowest BCUT2D eigenvalue weighted by molar-refractivity contribution is -0.135. The number of carbonyl (C=O) groups excluding carboxylic acids is 1. The van der Waals surface area contributed by atoms with E-state index in [2.05, 4.69) is 32.0 Å². The van der Waals surface area contributed by atoms with Crippen LogP contribution in [0.5, 0.6) is 0 Å². The van der Waals surface area contributed by atoms with Crippen LogP contribution in [0.4, 0.5) is 0 Å². The topological polar surface area (TPSA) is 26.3 Å². The summed E-state index contributed by atoms with van der Waals surface area (Å²) in [6.45, 7) is 5.31. The van der Waals surface area contributed by atoms with Gasteiger partial charge in [0.25, 0.3) is 6.47 Å². The lowest BCUT2D eigenvalue weighted by Crippen LogP contribution is -2.12. The predicted octanol–water partition coefficient (Wildman–Crippen LogP) is 6.71. The molecular formula is C25H38O2. The van der Waals surface area contributed by atoms with Crippen molar-refractivity contribution < 1.29 is 9.53 Å². The first kappa shape index (κ1) is 20.4. The van der Waals surface area contributed by atoms with Gasteiger partial charge in [0.2, 0.25) is 0 Å². The van der Waals surface area contributed by atoms with E-state index in [0.717, 1.165) is 37.5 Å². The molecule has 0 amide bonds. The summed E-state index contributed by atoms with van der Waals surface area (Å²) in [6, 6.07) is 7.06. The van der Waals surface area contributed by atoms with Crippen LogP contribution in [0.1, 0.15) is 101 Å². The zero-order valence-corrected chi connectivity index (χ0v) is 17.5. The van der Waals surface area contributed by atoms with E-state index >= 15 is 0 Å². The number of hydrogen-bond acceptors (Lipinski definition) is 2. The predicted molar refractivity (Wildman–Crippen MR) is 112 cm³/mol. The SMILES string of the molecule is Cc1ccc(CCCCCCC2(C)CC2)cc1CCCCC1(OC=O)CC1. The van der Waals surface area contributed by atoms with Gasteiger partial charge in [-0.2, -0.15) is 0 Å². The summed E-state index contributed by atoms with van der Waals surface area (Å²) in [5.74, 6) is 0. The van der Waals surface area contributed by atoms with Gasteiger partial charge in [0.15, 0.2) is 0 Å². The van der Waals surface area contributed by atoms with Crippen LogP contribution in [0.3, 0.4) is 0 Å². The Balaban J connectivity index is 1.32. The van der Waals surface area contributed by atoms with Crippen molar-refractivity contribution in [3.8, 4) is 0 Å². The van der Waals surface area contributed by atoms with Crippen molar-refractivity contribution in [2.75, 3.05) is 0 Å². The Morgan fingerprint density at radius 3 is 2.33 bits per heavy atom. The molecule has 0 heterocycles. The average Bonchev–Trinajstić information content (AvgIpc) is 3.57. The molecule has 1 aromatic carbocycles. The largest absolute Gasteiger partial charge is 0.461 e. The van der Waals surface area contributed by atoms with Crippen LogP contribution in [0.2, 0.25) is 0 Å². The molecule has 0 unspecified atom stereocenters. The highest BCUT2D eigenvalue weighted by Crippen LogP contribution is 2.49. The molecule has 150 valence electrons. The van der Waals surface area contributed by atoms with E-state index in [1.54, 1.807) is 0 Å². The van der Waals surface area contributed by atoms with Gasteiger partial charge in [0.1, 0.15) is 5.60 Å². The molecule has 0 bridgehead atoms. The Labute approximate surface area is 166 Å². The fourth-order valence-electron chi connectivity index (χ4n) is 4.28. The number of benzene rings is 1. The van der Waals surface area contributed by atoms with Crippen LogP contribution in [0, 0.1) is 12.3 Å². The maximum absolute atomic E-state index is 10.6. The van der Waals surface area contributed by atoms with Gasteiger partial charge in [-0.25, -0.2) is 0 Å². The average molecular weight is 371 g/mol. The van der Waals surface area contributed by atoms with E-state index in [-0.39, 0.29) is 5.60 Å². The molecule has 0 atom stereocenters. The van der Waals surface area contributed by atoms with Gasteiger partial charge in [-0.1, -0.05) is 44.4 Å². The lowest BCUT2D eigenvalue weighted by atomic mass is 9.96. The first-order valence-electron chi connectivity index (χ1n) is 11.2. The molecule has 2 heteroatoms. The summed E-state index contributed by atoms with van der Waals surface area (Å²) in [7, 11) is 0. The summed E-state index contributed by atoms with van der Waals surface area (Å²) < 4.78 is 5.25. The van der Waals surface area contributed by atoms with Crippen molar-refractivity contribution in [1.82, 2.24) is 0 Å². The molecule has 0 spiro atoms. The van der Waals surface area contributed by atoms with Crippen molar-refractivity contribution in [2.45, 2.75) is 109 Å². The third-order valence-electron chi connectivity index (χ3n) is 6.95. The molecule has 0 radical (unpaired) electrons. The quantitative estimate of drug-likeness (QED) is 0.269. The molecule has 0 aliphatic heterocycles. The fourth-order valence-corrected chi connectivity index (χ4v) is 4.28. The summed E-state index contributed by atoms with van der Waals surface area (Å²) in [6.07, 6.45) is 17.7.